The van der Waals surface area contributed by atoms with Crippen molar-refractivity contribution in [3.63, 3.8) is 0 Å². The van der Waals surface area contributed by atoms with Crippen LogP contribution in [-0.4, -0.2) is 44.6 Å². The molecule has 2 atom stereocenters. The Hall–Kier alpha value is -1.60. The van der Waals surface area contributed by atoms with E-state index < -0.39 is 38.4 Å². The molecule has 1 fully saturated rings. The molecule has 0 spiro atoms. The van der Waals surface area contributed by atoms with E-state index in [2.05, 4.69) is 0 Å². The number of halogens is 1. The minimum atomic E-state index is -3.70. The van der Waals surface area contributed by atoms with Crippen LogP contribution in [0.1, 0.15) is 32.3 Å². The molecule has 2 rings (SSSR count). The molecule has 0 N–H and O–H groups in total. The third kappa shape index (κ3) is 3.27. The Labute approximate surface area is 152 Å². The van der Waals surface area contributed by atoms with Crippen LogP contribution in [0, 0.1) is 5.41 Å². The van der Waals surface area contributed by atoms with Crippen LogP contribution in [0.25, 0.3) is 0 Å². The van der Waals surface area contributed by atoms with Gasteiger partial charge in [0.2, 0.25) is 0 Å². The molecule has 2 unspecified atom stereocenters. The lowest BCUT2D eigenvalue weighted by Crippen LogP contribution is -2.36. The number of carbonyl (C=O) groups is 2. The maximum atomic E-state index is 12.7. The molecular weight excluding hydrogens is 368 g/mol. The molecule has 1 aromatic carbocycles. The lowest BCUT2D eigenvalue weighted by Gasteiger charge is -2.15. The summed E-state index contributed by atoms with van der Waals surface area (Å²) in [6, 6.07) is 6.41. The Balaban J connectivity index is 2.61. The Morgan fingerprint density at radius 1 is 1.04 bits per heavy atom. The van der Waals surface area contributed by atoms with Gasteiger partial charge in [0.1, 0.15) is 0 Å². The van der Waals surface area contributed by atoms with Crippen LogP contribution in [0.2, 0.25) is 5.02 Å². The topological polar surface area (TPSA) is 86.7 Å². The minimum Gasteiger partial charge on any atom is -0.465 e. The van der Waals surface area contributed by atoms with Gasteiger partial charge in [0, 0.05) is 16.7 Å². The summed E-state index contributed by atoms with van der Waals surface area (Å²) in [5.74, 6) is -2.78. The van der Waals surface area contributed by atoms with E-state index in [0.717, 1.165) is 0 Å². The van der Waals surface area contributed by atoms with E-state index in [9.17, 15) is 18.0 Å². The first-order valence-electron chi connectivity index (χ1n) is 8.08. The lowest BCUT2D eigenvalue weighted by molar-refractivity contribution is -0.164. The summed E-state index contributed by atoms with van der Waals surface area (Å²) in [6.07, 6.45) is 0. The summed E-state index contributed by atoms with van der Waals surface area (Å²) >= 11 is 5.88. The summed E-state index contributed by atoms with van der Waals surface area (Å²) in [6.45, 7) is 4.74. The SMILES string of the molecule is CCOC(=O)C1(C(=O)OCC)C(c2ccc(Cl)cc2)C1S(=O)(=O)CC. The van der Waals surface area contributed by atoms with E-state index in [1.807, 2.05) is 0 Å². The zero-order valence-corrected chi connectivity index (χ0v) is 15.9. The molecule has 0 aliphatic heterocycles. The Morgan fingerprint density at radius 2 is 1.52 bits per heavy atom. The maximum absolute atomic E-state index is 12.7. The average molecular weight is 389 g/mol. The van der Waals surface area contributed by atoms with Crippen molar-refractivity contribution < 1.29 is 27.5 Å². The van der Waals surface area contributed by atoms with Gasteiger partial charge < -0.3 is 9.47 Å². The second kappa shape index (κ2) is 7.33. The van der Waals surface area contributed by atoms with Crippen molar-refractivity contribution in [1.29, 1.82) is 0 Å². The zero-order chi connectivity index (χ0) is 18.8. The molecule has 138 valence electrons. The molecule has 25 heavy (non-hydrogen) atoms. The largest absolute Gasteiger partial charge is 0.465 e. The van der Waals surface area contributed by atoms with E-state index in [0.29, 0.717) is 10.6 Å². The number of esters is 2. The first kappa shape index (κ1) is 19.7. The monoisotopic (exact) mass is 388 g/mol. The highest BCUT2D eigenvalue weighted by Crippen LogP contribution is 2.64. The maximum Gasteiger partial charge on any atom is 0.325 e. The third-order valence-corrected chi connectivity index (χ3v) is 6.85. The second-order valence-corrected chi connectivity index (χ2v) is 8.56. The lowest BCUT2D eigenvalue weighted by atomic mass is 9.99. The molecule has 0 saturated heterocycles. The van der Waals surface area contributed by atoms with Crippen molar-refractivity contribution >= 4 is 33.4 Å². The van der Waals surface area contributed by atoms with Crippen molar-refractivity contribution in [3.05, 3.63) is 34.9 Å². The molecule has 0 amide bonds. The molecule has 1 aliphatic carbocycles. The Bertz CT molecular complexity index is 738. The molecule has 1 saturated carbocycles. The van der Waals surface area contributed by atoms with Crippen molar-refractivity contribution in [2.45, 2.75) is 31.9 Å². The van der Waals surface area contributed by atoms with Gasteiger partial charge in [0.15, 0.2) is 15.3 Å². The Morgan fingerprint density at radius 3 is 1.92 bits per heavy atom. The van der Waals surface area contributed by atoms with Crippen molar-refractivity contribution in [2.75, 3.05) is 19.0 Å². The minimum absolute atomic E-state index is 0.0339. The molecule has 1 aliphatic rings. The van der Waals surface area contributed by atoms with Gasteiger partial charge in [-0.3, -0.25) is 9.59 Å². The molecule has 0 bridgehead atoms. The van der Waals surface area contributed by atoms with Gasteiger partial charge in [-0.05, 0) is 31.5 Å². The molecule has 8 heteroatoms. The quantitative estimate of drug-likeness (QED) is 0.526. The summed E-state index contributed by atoms with van der Waals surface area (Å²) in [5, 5.41) is -0.735. The molecule has 0 radical (unpaired) electrons. The van der Waals surface area contributed by atoms with Crippen molar-refractivity contribution in [2.24, 2.45) is 5.41 Å². The molecule has 6 nitrogen and oxygen atoms in total. The number of ether oxygens (including phenoxy) is 2. The van der Waals surface area contributed by atoms with Crippen molar-refractivity contribution in [3.8, 4) is 0 Å². The fourth-order valence-electron chi connectivity index (χ4n) is 3.20. The third-order valence-electron chi connectivity index (χ3n) is 4.38. The van der Waals surface area contributed by atoms with Crippen LogP contribution in [-0.2, 0) is 28.9 Å². The van der Waals surface area contributed by atoms with Crippen LogP contribution < -0.4 is 0 Å². The van der Waals surface area contributed by atoms with E-state index in [-0.39, 0.29) is 19.0 Å². The highest BCUT2D eigenvalue weighted by atomic mass is 35.5. The van der Waals surface area contributed by atoms with Gasteiger partial charge >= 0.3 is 11.9 Å². The number of sulfone groups is 1. The zero-order valence-electron chi connectivity index (χ0n) is 14.3. The van der Waals surface area contributed by atoms with Gasteiger partial charge in [-0.25, -0.2) is 8.42 Å². The van der Waals surface area contributed by atoms with Crippen molar-refractivity contribution in [1.82, 2.24) is 0 Å². The van der Waals surface area contributed by atoms with E-state index in [4.69, 9.17) is 21.1 Å². The van der Waals surface area contributed by atoms with Gasteiger partial charge in [0.05, 0.1) is 18.5 Å². The van der Waals surface area contributed by atoms with Crippen LogP contribution in [0.15, 0.2) is 24.3 Å². The average Bonchev–Trinajstić information content (AvgIpc) is 3.28. The van der Waals surface area contributed by atoms with E-state index in [1.54, 1.807) is 38.1 Å². The van der Waals surface area contributed by atoms with Crippen LogP contribution >= 0.6 is 11.6 Å². The number of benzene rings is 1. The number of carbonyl (C=O) groups excluding carboxylic acids is 2. The number of hydrogen-bond acceptors (Lipinski definition) is 6. The van der Waals surface area contributed by atoms with Crippen LogP contribution in [0.4, 0.5) is 0 Å². The summed E-state index contributed by atoms with van der Waals surface area (Å²) < 4.78 is 35.3. The number of hydrogen-bond donors (Lipinski definition) is 0. The predicted octanol–water partition coefficient (Wildman–Crippen LogP) is 2.35. The Kier molecular flexibility index (Phi) is 5.79. The van der Waals surface area contributed by atoms with Gasteiger partial charge in [-0.1, -0.05) is 30.7 Å². The van der Waals surface area contributed by atoms with Gasteiger partial charge in [-0.15, -0.1) is 0 Å². The predicted molar refractivity (Wildman–Crippen MR) is 93.1 cm³/mol. The van der Waals surface area contributed by atoms with E-state index in [1.165, 1.54) is 6.92 Å². The first-order valence-corrected chi connectivity index (χ1v) is 10.2. The van der Waals surface area contributed by atoms with Gasteiger partial charge in [-0.2, -0.15) is 0 Å². The fraction of sp³-hybridized carbons (Fsp3) is 0.529. The van der Waals surface area contributed by atoms with E-state index >= 15 is 0 Å². The number of rotatable bonds is 7. The smallest absolute Gasteiger partial charge is 0.325 e. The highest BCUT2D eigenvalue weighted by molar-refractivity contribution is 7.92. The van der Waals surface area contributed by atoms with Crippen LogP contribution in [0.3, 0.4) is 0 Å². The van der Waals surface area contributed by atoms with Gasteiger partial charge in [0.25, 0.3) is 0 Å². The summed E-state index contributed by atoms with van der Waals surface area (Å²) in [7, 11) is -3.70. The first-order chi connectivity index (χ1) is 11.8. The molecule has 1 aromatic rings. The summed E-state index contributed by atoms with van der Waals surface area (Å²) in [5.41, 5.74) is -1.33. The fourth-order valence-corrected chi connectivity index (χ4v) is 5.30. The molecule has 0 aromatic heterocycles. The summed E-state index contributed by atoms with van der Waals surface area (Å²) in [4.78, 5) is 25.3. The van der Waals surface area contributed by atoms with Crippen LogP contribution in [0.5, 0.6) is 0 Å². The second-order valence-electron chi connectivity index (χ2n) is 5.71. The standard InChI is InChI=1S/C17H21ClO6S/c1-4-23-15(19)17(16(20)24-5-2)13(14(17)25(21,22)6-3)11-7-9-12(18)10-8-11/h7-10,13-14H,4-6H2,1-3H3. The molecule has 0 heterocycles. The highest BCUT2D eigenvalue weighted by Gasteiger charge is 2.81. The molecular formula is C17H21ClO6S. The normalized spacial score (nSPS) is 21.4.